The number of hydrogen-bond acceptors (Lipinski definition) is 4. The highest BCUT2D eigenvalue weighted by atomic mass is 16.5. The van der Waals surface area contributed by atoms with Crippen LogP contribution >= 0.6 is 0 Å². The summed E-state index contributed by atoms with van der Waals surface area (Å²) in [4.78, 5) is 28.5. The van der Waals surface area contributed by atoms with Gasteiger partial charge in [0, 0.05) is 31.1 Å². The molecule has 0 radical (unpaired) electrons. The molecule has 170 valence electrons. The van der Waals surface area contributed by atoms with Crippen LogP contribution < -0.4 is 10.6 Å². The van der Waals surface area contributed by atoms with Crippen molar-refractivity contribution in [2.75, 3.05) is 32.8 Å². The smallest absolute Gasteiger partial charge is 0.242 e. The van der Waals surface area contributed by atoms with Gasteiger partial charge in [0.25, 0.3) is 0 Å². The Bertz CT molecular complexity index is 594. The molecule has 6 nitrogen and oxygen atoms in total. The lowest BCUT2D eigenvalue weighted by molar-refractivity contribution is -0.148. The van der Waals surface area contributed by atoms with Gasteiger partial charge < -0.3 is 15.4 Å². The number of nitrogens with zero attached hydrogens (tertiary/aromatic N) is 1. The summed E-state index contributed by atoms with van der Waals surface area (Å²) in [6, 6.07) is -0.154. The first-order chi connectivity index (χ1) is 14.3. The van der Waals surface area contributed by atoms with Gasteiger partial charge in [-0.3, -0.25) is 14.5 Å². The van der Waals surface area contributed by atoms with Crippen LogP contribution in [0.3, 0.4) is 0 Å². The van der Waals surface area contributed by atoms with Crippen LogP contribution in [0.1, 0.15) is 65.7 Å². The fourth-order valence-corrected chi connectivity index (χ4v) is 7.02. The first-order valence-corrected chi connectivity index (χ1v) is 12.2. The summed E-state index contributed by atoms with van der Waals surface area (Å²) < 4.78 is 5.49. The fourth-order valence-electron chi connectivity index (χ4n) is 7.02. The molecule has 5 aliphatic rings. The minimum absolute atomic E-state index is 0.0601. The van der Waals surface area contributed by atoms with Gasteiger partial charge in [-0.2, -0.15) is 0 Å². The van der Waals surface area contributed by atoms with Crippen LogP contribution in [-0.4, -0.2) is 61.6 Å². The number of nitrogens with one attached hydrogen (secondary N) is 2. The highest BCUT2D eigenvalue weighted by molar-refractivity contribution is 5.90. The molecule has 5 rings (SSSR count). The number of morpholine rings is 1. The van der Waals surface area contributed by atoms with Crippen LogP contribution in [-0.2, 0) is 14.3 Å². The number of hydrogen-bond donors (Lipinski definition) is 2. The van der Waals surface area contributed by atoms with Crippen molar-refractivity contribution in [3.8, 4) is 0 Å². The number of carbonyl (C=O) groups excluding carboxylic acids is 2. The second-order valence-corrected chi connectivity index (χ2v) is 11.1. The maximum atomic E-state index is 13.2. The van der Waals surface area contributed by atoms with E-state index in [4.69, 9.17) is 4.74 Å². The van der Waals surface area contributed by atoms with Gasteiger partial charge >= 0.3 is 0 Å². The average molecular weight is 420 g/mol. The molecule has 1 aliphatic heterocycles. The lowest BCUT2D eigenvalue weighted by Gasteiger charge is -2.55. The standard InChI is InChI=1S/C24H41N3O3/c1-16(2)8-21(27-4-6-30-7-5-27)15-25-22(28)17(3)26-23(29)24-12-18-9-19(13-24)11-20(10-18)14-24/h16-21H,4-15H2,1-3H3,(H,25,28)(H,26,29)/t17-,18?,19?,20?,21-,24?/m0/s1. The van der Waals surface area contributed by atoms with Crippen LogP contribution in [0.5, 0.6) is 0 Å². The Morgan fingerprint density at radius 2 is 1.57 bits per heavy atom. The highest BCUT2D eigenvalue weighted by Crippen LogP contribution is 2.60. The van der Waals surface area contributed by atoms with Crippen LogP contribution in [0.15, 0.2) is 0 Å². The van der Waals surface area contributed by atoms with Crippen molar-refractivity contribution < 1.29 is 14.3 Å². The van der Waals surface area contributed by atoms with Gasteiger partial charge in [0.1, 0.15) is 6.04 Å². The Morgan fingerprint density at radius 1 is 1.00 bits per heavy atom. The molecule has 1 saturated heterocycles. The molecule has 0 spiro atoms. The van der Waals surface area contributed by atoms with E-state index in [0.29, 0.717) is 18.5 Å². The normalized spacial score (nSPS) is 35.3. The Hall–Kier alpha value is -1.14. The van der Waals surface area contributed by atoms with Gasteiger partial charge in [0.05, 0.1) is 13.2 Å². The van der Waals surface area contributed by atoms with Crippen LogP contribution in [0, 0.1) is 29.1 Å². The molecular formula is C24H41N3O3. The number of carbonyl (C=O) groups is 2. The highest BCUT2D eigenvalue weighted by Gasteiger charge is 2.54. The predicted octanol–water partition coefficient (Wildman–Crippen LogP) is 2.57. The minimum Gasteiger partial charge on any atom is -0.379 e. The number of amides is 2. The number of rotatable bonds is 8. The lowest BCUT2D eigenvalue weighted by Crippen LogP contribution is -2.57. The van der Waals surface area contributed by atoms with E-state index in [2.05, 4.69) is 29.4 Å². The Labute approximate surface area is 181 Å². The molecule has 0 aromatic rings. The molecular weight excluding hydrogens is 378 g/mol. The second kappa shape index (κ2) is 9.15. The van der Waals surface area contributed by atoms with Gasteiger partial charge in [0.15, 0.2) is 0 Å². The first-order valence-electron chi connectivity index (χ1n) is 12.2. The van der Waals surface area contributed by atoms with E-state index in [1.807, 2.05) is 6.92 Å². The number of ether oxygens (including phenoxy) is 1. The molecule has 5 fully saturated rings. The molecule has 2 N–H and O–H groups in total. The molecule has 0 aromatic heterocycles. The maximum absolute atomic E-state index is 13.2. The van der Waals surface area contributed by atoms with E-state index in [-0.39, 0.29) is 17.2 Å². The summed E-state index contributed by atoms with van der Waals surface area (Å²) in [7, 11) is 0. The fraction of sp³-hybridized carbons (Fsp3) is 0.917. The van der Waals surface area contributed by atoms with E-state index in [9.17, 15) is 9.59 Å². The molecule has 0 aromatic carbocycles. The SMILES string of the molecule is CC(C)C[C@@H](CNC(=O)[C@H](C)NC(=O)C12CC3CC(CC(C3)C1)C2)N1CCOCC1. The molecule has 2 amide bonds. The quantitative estimate of drug-likeness (QED) is 0.634. The topological polar surface area (TPSA) is 70.7 Å². The Kier molecular flexibility index (Phi) is 6.73. The summed E-state index contributed by atoms with van der Waals surface area (Å²) in [5.41, 5.74) is -0.197. The maximum Gasteiger partial charge on any atom is 0.242 e. The molecule has 6 heteroatoms. The van der Waals surface area contributed by atoms with Gasteiger partial charge in [-0.15, -0.1) is 0 Å². The van der Waals surface area contributed by atoms with Gasteiger partial charge in [0.2, 0.25) is 11.8 Å². The summed E-state index contributed by atoms with van der Waals surface area (Å²) in [6.45, 7) is 10.3. The minimum atomic E-state index is -0.477. The van der Waals surface area contributed by atoms with E-state index in [1.54, 1.807) is 0 Å². The third-order valence-corrected chi connectivity index (χ3v) is 8.08. The second-order valence-electron chi connectivity index (χ2n) is 11.1. The Morgan fingerprint density at radius 3 is 2.10 bits per heavy atom. The largest absolute Gasteiger partial charge is 0.379 e. The summed E-state index contributed by atoms with van der Waals surface area (Å²) in [5.74, 6) is 2.85. The first kappa shape index (κ1) is 22.1. The molecule has 4 aliphatic carbocycles. The molecule has 0 unspecified atom stereocenters. The van der Waals surface area contributed by atoms with Crippen molar-refractivity contribution in [3.05, 3.63) is 0 Å². The van der Waals surface area contributed by atoms with Crippen molar-refractivity contribution in [1.29, 1.82) is 0 Å². The van der Waals surface area contributed by atoms with Crippen LogP contribution in [0.4, 0.5) is 0 Å². The third-order valence-electron chi connectivity index (χ3n) is 8.08. The molecule has 1 heterocycles. The van der Waals surface area contributed by atoms with Gasteiger partial charge in [-0.05, 0) is 75.5 Å². The van der Waals surface area contributed by atoms with Gasteiger partial charge in [-0.25, -0.2) is 0 Å². The van der Waals surface area contributed by atoms with Crippen LogP contribution in [0.2, 0.25) is 0 Å². The van der Waals surface area contributed by atoms with Crippen molar-refractivity contribution in [2.24, 2.45) is 29.1 Å². The molecule has 4 bridgehead atoms. The van der Waals surface area contributed by atoms with Crippen molar-refractivity contribution in [2.45, 2.75) is 77.8 Å². The summed E-state index contributed by atoms with van der Waals surface area (Å²) in [5, 5.41) is 6.22. The van der Waals surface area contributed by atoms with Crippen molar-refractivity contribution in [3.63, 3.8) is 0 Å². The average Bonchev–Trinajstić information content (AvgIpc) is 2.70. The zero-order valence-corrected chi connectivity index (χ0v) is 19.1. The summed E-state index contributed by atoms with van der Waals surface area (Å²) in [6.07, 6.45) is 8.12. The zero-order valence-electron chi connectivity index (χ0n) is 19.1. The van der Waals surface area contributed by atoms with Crippen molar-refractivity contribution >= 4 is 11.8 Å². The van der Waals surface area contributed by atoms with E-state index >= 15 is 0 Å². The molecule has 2 atom stereocenters. The summed E-state index contributed by atoms with van der Waals surface area (Å²) >= 11 is 0. The third kappa shape index (κ3) is 4.85. The monoisotopic (exact) mass is 419 g/mol. The van der Waals surface area contributed by atoms with E-state index in [1.165, 1.54) is 19.3 Å². The van der Waals surface area contributed by atoms with Crippen LogP contribution in [0.25, 0.3) is 0 Å². The Balaban J connectivity index is 1.29. The van der Waals surface area contributed by atoms with E-state index in [0.717, 1.165) is 69.7 Å². The van der Waals surface area contributed by atoms with E-state index < -0.39 is 6.04 Å². The predicted molar refractivity (Wildman–Crippen MR) is 117 cm³/mol. The van der Waals surface area contributed by atoms with Crippen molar-refractivity contribution in [1.82, 2.24) is 15.5 Å². The molecule has 30 heavy (non-hydrogen) atoms. The zero-order chi connectivity index (χ0) is 21.3. The van der Waals surface area contributed by atoms with Gasteiger partial charge in [-0.1, -0.05) is 13.8 Å². The lowest BCUT2D eigenvalue weighted by atomic mass is 9.49. The molecule has 4 saturated carbocycles.